The van der Waals surface area contributed by atoms with Crippen LogP contribution in [-0.2, 0) is 13.1 Å². The number of aromatic nitrogens is 2. The van der Waals surface area contributed by atoms with E-state index < -0.39 is 0 Å². The maximum atomic E-state index is 7.06. The predicted molar refractivity (Wildman–Crippen MR) is 323 cm³/mol. The number of rotatable bonds is 8. The summed E-state index contributed by atoms with van der Waals surface area (Å²) < 4.78 is 26.4. The standard InChI is InChI=1S/C70H44N6O4/c1-2-6-41(7-3-1)43-13-14-45-34-48(19-17-44(45)32-43)76(51-21-23-62-57(37-51)58-38-71-30-27-63(58)77-62)60-26-31-74-68-67-52(8-5-11-64(67)79-70(60)68)46-15-12-42-16-18-49(35-47(42)33-46)75(50-20-22-61-56(36-50)54-25-29-72-39-65(54)78-61)59-10-4-9-55-53-24-28-73-40-66(53)80-69(55)59/h1-37,40,71-72H,38-39H2. The Morgan fingerprint density at radius 1 is 0.425 bits per heavy atom. The quantitative estimate of drug-likeness (QED) is 0.153. The first kappa shape index (κ1) is 44.3. The highest BCUT2D eigenvalue weighted by Gasteiger charge is 2.26. The van der Waals surface area contributed by atoms with Gasteiger partial charge in [0.2, 0.25) is 0 Å². The molecule has 0 fully saturated rings. The number of anilines is 6. The Kier molecular flexibility index (Phi) is 9.60. The van der Waals surface area contributed by atoms with Gasteiger partial charge in [0, 0.05) is 80.6 Å². The van der Waals surface area contributed by atoms with Crippen LogP contribution >= 0.6 is 0 Å². The highest BCUT2D eigenvalue weighted by Crippen LogP contribution is 2.48. The van der Waals surface area contributed by atoms with Crippen LogP contribution in [0, 0.1) is 0 Å². The number of para-hydroxylation sites is 1. The third-order valence-corrected chi connectivity index (χ3v) is 16.1. The molecule has 378 valence electrons. The smallest absolute Gasteiger partial charge is 0.177 e. The summed E-state index contributed by atoms with van der Waals surface area (Å²) in [5, 5.41) is 16.2. The Labute approximate surface area is 456 Å². The molecule has 0 bridgehead atoms. The molecule has 0 saturated heterocycles. The van der Waals surface area contributed by atoms with E-state index in [4.69, 9.17) is 22.7 Å². The van der Waals surface area contributed by atoms with Crippen molar-refractivity contribution in [1.82, 2.24) is 20.6 Å². The Hall–Kier alpha value is -10.8. The second-order valence-electron chi connectivity index (χ2n) is 20.6. The predicted octanol–water partition coefficient (Wildman–Crippen LogP) is 18.5. The Bertz CT molecular complexity index is 5120. The van der Waals surface area contributed by atoms with Gasteiger partial charge in [-0.1, -0.05) is 91.0 Å². The first-order valence-electron chi connectivity index (χ1n) is 26.8. The van der Waals surface area contributed by atoms with Crippen LogP contribution in [0.3, 0.4) is 0 Å². The average molecular weight is 1030 g/mol. The van der Waals surface area contributed by atoms with Gasteiger partial charge in [-0.05, 0) is 159 Å². The summed E-state index contributed by atoms with van der Waals surface area (Å²) >= 11 is 0. The number of benzene rings is 9. The molecule has 0 atom stereocenters. The molecule has 2 N–H and O–H groups in total. The van der Waals surface area contributed by atoms with E-state index in [1.54, 1.807) is 6.20 Å². The van der Waals surface area contributed by atoms with Crippen LogP contribution in [0.4, 0.5) is 34.1 Å². The SMILES string of the molecule is C1=Cc2c(oc3ccc(N(c4ccc5ccc(-c6cccc7oc8c(N(c9ccc%10cc(-c%11ccccc%11)ccc%10c9)c9ccc%10oc%11c(c%10c9)CNC=C%11)ccnc8c67)cc5c4)c4cccc5c4oc4cnccc45)cc23)CN1. The highest BCUT2D eigenvalue weighted by atomic mass is 16.3. The molecule has 6 aromatic heterocycles. The summed E-state index contributed by atoms with van der Waals surface area (Å²) in [6.07, 6.45) is 13.5. The fraction of sp³-hybridized carbons (Fsp3) is 0.0286. The van der Waals surface area contributed by atoms with Crippen LogP contribution in [0.1, 0.15) is 22.6 Å². The van der Waals surface area contributed by atoms with Gasteiger partial charge < -0.3 is 38.1 Å². The summed E-state index contributed by atoms with van der Waals surface area (Å²) in [5.41, 5.74) is 17.7. The first-order valence-corrected chi connectivity index (χ1v) is 26.8. The average Bonchev–Trinajstić information content (AvgIpc) is 4.36. The van der Waals surface area contributed by atoms with Crippen molar-refractivity contribution in [2.45, 2.75) is 13.1 Å². The first-order chi connectivity index (χ1) is 39.6. The van der Waals surface area contributed by atoms with Gasteiger partial charge in [0.1, 0.15) is 33.8 Å². The number of pyridine rings is 2. The summed E-state index contributed by atoms with van der Waals surface area (Å²) in [6.45, 7) is 1.32. The number of nitrogens with zero attached hydrogens (tertiary/aromatic N) is 4. The molecule has 9 aromatic carbocycles. The van der Waals surface area contributed by atoms with Crippen molar-refractivity contribution in [2.24, 2.45) is 0 Å². The Balaban J connectivity index is 0.817. The zero-order valence-electron chi connectivity index (χ0n) is 42.8. The van der Waals surface area contributed by atoms with E-state index in [1.165, 1.54) is 11.1 Å². The topological polar surface area (TPSA) is 109 Å². The van der Waals surface area contributed by atoms with E-state index in [0.29, 0.717) is 18.7 Å². The van der Waals surface area contributed by atoms with E-state index in [2.05, 4.69) is 207 Å². The molecule has 0 saturated carbocycles. The lowest BCUT2D eigenvalue weighted by molar-refractivity contribution is 0.532. The minimum atomic E-state index is 0.639. The summed E-state index contributed by atoms with van der Waals surface area (Å²) in [6, 6.07) is 66.8. The van der Waals surface area contributed by atoms with Crippen LogP contribution in [0.2, 0.25) is 0 Å². The summed E-state index contributed by atoms with van der Waals surface area (Å²) in [7, 11) is 0. The molecule has 2 aliphatic heterocycles. The molecular weight excluding hydrogens is 989 g/mol. The normalized spacial score (nSPS) is 13.0. The molecule has 10 nitrogen and oxygen atoms in total. The van der Waals surface area contributed by atoms with Gasteiger partial charge in [-0.25, -0.2) is 0 Å². The van der Waals surface area contributed by atoms with Gasteiger partial charge in [0.05, 0.1) is 29.5 Å². The van der Waals surface area contributed by atoms with E-state index in [-0.39, 0.29) is 0 Å². The molecule has 0 radical (unpaired) electrons. The molecule has 80 heavy (non-hydrogen) atoms. The largest absolute Gasteiger partial charge is 0.459 e. The number of hydrogen-bond donors (Lipinski definition) is 2. The second kappa shape index (κ2) is 17.3. The van der Waals surface area contributed by atoms with Crippen LogP contribution in [-0.4, -0.2) is 9.97 Å². The third-order valence-electron chi connectivity index (χ3n) is 16.1. The van der Waals surface area contributed by atoms with Crippen LogP contribution < -0.4 is 20.4 Å². The lowest BCUT2D eigenvalue weighted by atomic mass is 9.97. The van der Waals surface area contributed by atoms with Crippen molar-refractivity contribution in [3.63, 3.8) is 0 Å². The molecule has 8 heterocycles. The highest BCUT2D eigenvalue weighted by molar-refractivity contribution is 6.15. The van der Waals surface area contributed by atoms with Crippen molar-refractivity contribution < 1.29 is 17.7 Å². The van der Waals surface area contributed by atoms with E-state index in [0.717, 1.165) is 150 Å². The summed E-state index contributed by atoms with van der Waals surface area (Å²) in [4.78, 5) is 14.1. The third kappa shape index (κ3) is 6.92. The number of hydrogen-bond acceptors (Lipinski definition) is 10. The molecular formula is C70H44N6O4. The molecule has 0 spiro atoms. The minimum Gasteiger partial charge on any atom is -0.459 e. The van der Waals surface area contributed by atoms with Crippen molar-refractivity contribution in [2.75, 3.05) is 9.80 Å². The van der Waals surface area contributed by atoms with Gasteiger partial charge in [-0.3, -0.25) is 9.97 Å². The number of fused-ring (bicyclic) bond motifs is 14. The fourth-order valence-electron chi connectivity index (χ4n) is 12.3. The zero-order chi connectivity index (χ0) is 52.4. The molecule has 0 amide bonds. The van der Waals surface area contributed by atoms with Gasteiger partial charge in [-0.15, -0.1) is 0 Å². The van der Waals surface area contributed by atoms with E-state index in [9.17, 15) is 0 Å². The molecule has 15 aromatic rings. The van der Waals surface area contributed by atoms with Gasteiger partial charge in [0.25, 0.3) is 0 Å². The minimum absolute atomic E-state index is 0.639. The molecule has 0 unspecified atom stereocenters. The maximum absolute atomic E-state index is 7.06. The van der Waals surface area contributed by atoms with Gasteiger partial charge in [-0.2, -0.15) is 0 Å². The lowest BCUT2D eigenvalue weighted by Gasteiger charge is -2.26. The van der Waals surface area contributed by atoms with Crippen LogP contribution in [0.25, 0.3) is 122 Å². The number of nitrogens with one attached hydrogen (secondary N) is 2. The van der Waals surface area contributed by atoms with Gasteiger partial charge >= 0.3 is 0 Å². The van der Waals surface area contributed by atoms with Crippen molar-refractivity contribution >= 4 is 134 Å². The Morgan fingerprint density at radius 2 is 1.12 bits per heavy atom. The summed E-state index contributed by atoms with van der Waals surface area (Å²) in [5.74, 6) is 1.80. The van der Waals surface area contributed by atoms with E-state index in [1.807, 2.05) is 43.0 Å². The molecule has 17 rings (SSSR count). The van der Waals surface area contributed by atoms with E-state index >= 15 is 0 Å². The number of furan rings is 4. The van der Waals surface area contributed by atoms with Crippen molar-refractivity contribution in [3.8, 4) is 22.3 Å². The molecule has 0 aliphatic carbocycles. The zero-order valence-corrected chi connectivity index (χ0v) is 42.8. The molecule has 2 aliphatic rings. The monoisotopic (exact) mass is 1030 g/mol. The van der Waals surface area contributed by atoms with Crippen LogP contribution in [0.5, 0.6) is 0 Å². The molecule has 10 heteroatoms. The lowest BCUT2D eigenvalue weighted by Crippen LogP contribution is -2.11. The maximum Gasteiger partial charge on any atom is 0.177 e. The second-order valence-corrected chi connectivity index (χ2v) is 20.6. The van der Waals surface area contributed by atoms with Crippen molar-refractivity contribution in [1.29, 1.82) is 0 Å². The van der Waals surface area contributed by atoms with Crippen molar-refractivity contribution in [3.05, 3.63) is 242 Å². The fourth-order valence-corrected chi connectivity index (χ4v) is 12.3. The Morgan fingerprint density at radius 3 is 2.02 bits per heavy atom. The van der Waals surface area contributed by atoms with Gasteiger partial charge in [0.15, 0.2) is 16.7 Å². The van der Waals surface area contributed by atoms with Crippen LogP contribution in [0.15, 0.2) is 237 Å².